The molecule has 0 aromatic carbocycles. The molecule has 4 amide bonds. The van der Waals surface area contributed by atoms with Crippen LogP contribution in [0.25, 0.3) is 0 Å². The monoisotopic (exact) mass is 282 g/mol. The van der Waals surface area contributed by atoms with E-state index in [9.17, 15) is 14.4 Å². The van der Waals surface area contributed by atoms with Crippen molar-refractivity contribution in [2.75, 3.05) is 26.7 Å². The van der Waals surface area contributed by atoms with Gasteiger partial charge in [0, 0.05) is 19.5 Å². The fourth-order valence-corrected chi connectivity index (χ4v) is 2.78. The van der Waals surface area contributed by atoms with E-state index in [4.69, 9.17) is 0 Å². The molecule has 0 saturated carbocycles. The molecule has 2 aliphatic rings. The molecule has 2 rings (SSSR count). The van der Waals surface area contributed by atoms with Gasteiger partial charge in [0.2, 0.25) is 11.8 Å². The summed E-state index contributed by atoms with van der Waals surface area (Å²) < 4.78 is 0. The molecule has 7 nitrogen and oxygen atoms in total. The summed E-state index contributed by atoms with van der Waals surface area (Å²) >= 11 is 0. The molecular formula is C13H22N4O3. The Kier molecular flexibility index (Phi) is 4.94. The van der Waals surface area contributed by atoms with Crippen molar-refractivity contribution >= 4 is 17.8 Å². The lowest BCUT2D eigenvalue weighted by molar-refractivity contribution is -0.134. The van der Waals surface area contributed by atoms with Crippen molar-refractivity contribution in [2.45, 2.75) is 31.7 Å². The number of imide groups is 1. The molecule has 1 unspecified atom stereocenters. The van der Waals surface area contributed by atoms with Crippen LogP contribution in [0.5, 0.6) is 0 Å². The summed E-state index contributed by atoms with van der Waals surface area (Å²) in [6.07, 6.45) is 2.52. The summed E-state index contributed by atoms with van der Waals surface area (Å²) in [6, 6.07) is -1.15. The van der Waals surface area contributed by atoms with Crippen molar-refractivity contribution in [1.82, 2.24) is 20.9 Å². The molecule has 0 radical (unpaired) electrons. The SMILES string of the molecule is CNCC1CCN(C(=O)C2CCC(=O)NC(=O)N2)CC1. The molecule has 20 heavy (non-hydrogen) atoms. The first kappa shape index (κ1) is 14.8. The van der Waals surface area contributed by atoms with E-state index in [1.165, 1.54) is 0 Å². The molecule has 3 N–H and O–H groups in total. The fraction of sp³-hybridized carbons (Fsp3) is 0.769. The van der Waals surface area contributed by atoms with E-state index in [1.807, 2.05) is 7.05 Å². The lowest BCUT2D eigenvalue weighted by Gasteiger charge is -2.34. The zero-order valence-electron chi connectivity index (χ0n) is 11.8. The minimum absolute atomic E-state index is 0.0715. The highest BCUT2D eigenvalue weighted by molar-refractivity contribution is 5.98. The maximum Gasteiger partial charge on any atom is 0.322 e. The first-order valence-electron chi connectivity index (χ1n) is 7.14. The number of carbonyl (C=O) groups excluding carboxylic acids is 3. The van der Waals surface area contributed by atoms with Gasteiger partial charge in [-0.05, 0) is 38.8 Å². The molecule has 0 aromatic rings. The Labute approximate surface area is 118 Å². The third kappa shape index (κ3) is 3.69. The predicted molar refractivity (Wildman–Crippen MR) is 72.9 cm³/mol. The van der Waals surface area contributed by atoms with Crippen LogP contribution in [-0.4, -0.2) is 55.5 Å². The third-order valence-electron chi connectivity index (χ3n) is 3.94. The minimum Gasteiger partial charge on any atom is -0.341 e. The maximum atomic E-state index is 12.4. The van der Waals surface area contributed by atoms with E-state index in [0.717, 1.165) is 32.5 Å². The summed E-state index contributed by atoms with van der Waals surface area (Å²) in [5, 5.41) is 7.91. The minimum atomic E-state index is -0.581. The number of hydrogen-bond donors (Lipinski definition) is 3. The Morgan fingerprint density at radius 3 is 2.65 bits per heavy atom. The molecule has 112 valence electrons. The van der Waals surface area contributed by atoms with Crippen LogP contribution in [0.1, 0.15) is 25.7 Å². The van der Waals surface area contributed by atoms with E-state index < -0.39 is 12.1 Å². The van der Waals surface area contributed by atoms with Gasteiger partial charge >= 0.3 is 6.03 Å². The lowest BCUT2D eigenvalue weighted by atomic mass is 9.96. The van der Waals surface area contributed by atoms with Gasteiger partial charge in [0.15, 0.2) is 0 Å². The van der Waals surface area contributed by atoms with Gasteiger partial charge in [-0.2, -0.15) is 0 Å². The van der Waals surface area contributed by atoms with Crippen LogP contribution in [0.3, 0.4) is 0 Å². The lowest BCUT2D eigenvalue weighted by Crippen LogP contribution is -2.51. The molecule has 0 spiro atoms. The quantitative estimate of drug-likeness (QED) is 0.647. The number of piperidine rings is 1. The zero-order chi connectivity index (χ0) is 14.5. The molecule has 1 atom stereocenters. The summed E-state index contributed by atoms with van der Waals surface area (Å²) in [4.78, 5) is 36.8. The zero-order valence-corrected chi connectivity index (χ0v) is 11.8. The molecular weight excluding hydrogens is 260 g/mol. The van der Waals surface area contributed by atoms with Crippen molar-refractivity contribution < 1.29 is 14.4 Å². The summed E-state index contributed by atoms with van der Waals surface area (Å²) in [7, 11) is 1.93. The van der Waals surface area contributed by atoms with Crippen LogP contribution < -0.4 is 16.0 Å². The van der Waals surface area contributed by atoms with Crippen LogP contribution in [-0.2, 0) is 9.59 Å². The molecule has 2 aliphatic heterocycles. The highest BCUT2D eigenvalue weighted by Crippen LogP contribution is 2.18. The van der Waals surface area contributed by atoms with Gasteiger partial charge in [0.05, 0.1) is 0 Å². The molecule has 0 aromatic heterocycles. The number of hydrogen-bond acceptors (Lipinski definition) is 4. The van der Waals surface area contributed by atoms with E-state index >= 15 is 0 Å². The second kappa shape index (κ2) is 6.69. The van der Waals surface area contributed by atoms with Crippen molar-refractivity contribution in [3.63, 3.8) is 0 Å². The van der Waals surface area contributed by atoms with Gasteiger partial charge in [0.25, 0.3) is 0 Å². The van der Waals surface area contributed by atoms with E-state index in [-0.39, 0.29) is 18.2 Å². The second-order valence-electron chi connectivity index (χ2n) is 5.44. The van der Waals surface area contributed by atoms with Crippen molar-refractivity contribution in [3.05, 3.63) is 0 Å². The number of likely N-dealkylation sites (tertiary alicyclic amines) is 1. The first-order valence-corrected chi connectivity index (χ1v) is 7.14. The Bertz CT molecular complexity index is 391. The van der Waals surface area contributed by atoms with E-state index in [2.05, 4.69) is 16.0 Å². The van der Waals surface area contributed by atoms with Crippen molar-refractivity contribution in [3.8, 4) is 0 Å². The highest BCUT2D eigenvalue weighted by atomic mass is 16.2. The van der Waals surface area contributed by atoms with Gasteiger partial charge < -0.3 is 15.5 Å². The smallest absolute Gasteiger partial charge is 0.322 e. The Hall–Kier alpha value is -1.63. The Morgan fingerprint density at radius 1 is 1.30 bits per heavy atom. The van der Waals surface area contributed by atoms with Crippen LogP contribution in [0.2, 0.25) is 0 Å². The average Bonchev–Trinajstić information content (AvgIpc) is 2.60. The van der Waals surface area contributed by atoms with Crippen LogP contribution in [0.4, 0.5) is 4.79 Å². The molecule has 2 heterocycles. The number of urea groups is 1. The molecule has 7 heteroatoms. The topological polar surface area (TPSA) is 90.5 Å². The summed E-state index contributed by atoms with van der Waals surface area (Å²) in [5.41, 5.74) is 0. The van der Waals surface area contributed by atoms with Gasteiger partial charge in [-0.3, -0.25) is 14.9 Å². The van der Waals surface area contributed by atoms with Gasteiger partial charge in [-0.1, -0.05) is 0 Å². The summed E-state index contributed by atoms with van der Waals surface area (Å²) in [5.74, 6) is 0.208. The molecule has 2 saturated heterocycles. The predicted octanol–water partition coefficient (Wildman–Crippen LogP) is -0.567. The summed E-state index contributed by atoms with van der Waals surface area (Å²) in [6.45, 7) is 2.42. The van der Waals surface area contributed by atoms with Gasteiger partial charge in [-0.15, -0.1) is 0 Å². The first-order chi connectivity index (χ1) is 9.60. The average molecular weight is 282 g/mol. The fourth-order valence-electron chi connectivity index (χ4n) is 2.78. The Balaban J connectivity index is 1.88. The van der Waals surface area contributed by atoms with E-state index in [1.54, 1.807) is 4.90 Å². The molecule has 0 bridgehead atoms. The van der Waals surface area contributed by atoms with Crippen molar-refractivity contribution in [1.29, 1.82) is 0 Å². The molecule has 2 fully saturated rings. The largest absolute Gasteiger partial charge is 0.341 e. The van der Waals surface area contributed by atoms with E-state index in [0.29, 0.717) is 12.3 Å². The number of amides is 4. The highest BCUT2D eigenvalue weighted by Gasteiger charge is 2.31. The number of nitrogens with one attached hydrogen (secondary N) is 3. The van der Waals surface area contributed by atoms with Crippen LogP contribution in [0.15, 0.2) is 0 Å². The van der Waals surface area contributed by atoms with Gasteiger partial charge in [0.1, 0.15) is 6.04 Å². The van der Waals surface area contributed by atoms with Crippen LogP contribution >= 0.6 is 0 Å². The third-order valence-corrected chi connectivity index (χ3v) is 3.94. The number of carbonyl (C=O) groups is 3. The second-order valence-corrected chi connectivity index (χ2v) is 5.44. The Morgan fingerprint density at radius 2 is 2.00 bits per heavy atom. The van der Waals surface area contributed by atoms with Crippen molar-refractivity contribution in [2.24, 2.45) is 5.92 Å². The van der Waals surface area contributed by atoms with Crippen LogP contribution in [0, 0.1) is 5.92 Å². The number of nitrogens with zero attached hydrogens (tertiary/aromatic N) is 1. The number of rotatable bonds is 3. The van der Waals surface area contributed by atoms with Gasteiger partial charge in [-0.25, -0.2) is 4.79 Å². The normalized spacial score (nSPS) is 24.9. The maximum absolute atomic E-state index is 12.4. The standard InChI is InChI=1S/C13H22N4O3/c1-14-8-9-4-6-17(7-5-9)12(19)10-2-3-11(18)16-13(20)15-10/h9-10,14H,2-8H2,1H3,(H2,15,16,18,20). The molecule has 0 aliphatic carbocycles.